The summed E-state index contributed by atoms with van der Waals surface area (Å²) in [7, 11) is 0. The molecule has 3 amide bonds. The summed E-state index contributed by atoms with van der Waals surface area (Å²) in [6.07, 6.45) is 7.71. The van der Waals surface area contributed by atoms with E-state index in [0.29, 0.717) is 25.9 Å². The van der Waals surface area contributed by atoms with E-state index in [0.717, 1.165) is 25.7 Å². The minimum absolute atomic E-state index is 0.127. The van der Waals surface area contributed by atoms with Gasteiger partial charge < -0.3 is 30.3 Å². The van der Waals surface area contributed by atoms with E-state index in [1.165, 1.54) is 4.90 Å². The topological polar surface area (TPSA) is 126 Å². The molecule has 196 valence electrons. The van der Waals surface area contributed by atoms with Crippen molar-refractivity contribution in [1.82, 2.24) is 20.9 Å². The van der Waals surface area contributed by atoms with Crippen molar-refractivity contribution in [3.05, 3.63) is 12.2 Å². The number of hydrogen-bond acceptors (Lipinski definition) is 7. The van der Waals surface area contributed by atoms with Crippen molar-refractivity contribution in [2.24, 2.45) is 5.92 Å². The van der Waals surface area contributed by atoms with E-state index in [4.69, 9.17) is 9.47 Å². The number of amides is 3. The molecule has 3 aliphatic rings. The first kappa shape index (κ1) is 27.0. The highest BCUT2D eigenvalue weighted by Crippen LogP contribution is 2.46. The predicted octanol–water partition coefficient (Wildman–Crippen LogP) is 1.64. The van der Waals surface area contributed by atoms with Crippen LogP contribution in [0.1, 0.15) is 66.2 Å². The molecule has 10 nitrogen and oxygen atoms in total. The number of ether oxygens (including phenoxy) is 2. The molecule has 35 heavy (non-hydrogen) atoms. The van der Waals surface area contributed by atoms with E-state index in [2.05, 4.69) is 16.0 Å². The number of esters is 1. The zero-order valence-corrected chi connectivity index (χ0v) is 21.4. The normalized spacial score (nSPS) is 31.0. The molecule has 1 aliphatic carbocycles. The molecular weight excluding hydrogens is 452 g/mol. The Morgan fingerprint density at radius 1 is 1.23 bits per heavy atom. The van der Waals surface area contributed by atoms with Crippen molar-refractivity contribution >= 4 is 23.9 Å². The van der Waals surface area contributed by atoms with Gasteiger partial charge >= 0.3 is 12.1 Å². The largest absolute Gasteiger partial charge is 0.464 e. The summed E-state index contributed by atoms with van der Waals surface area (Å²) in [6.45, 7) is 8.36. The Morgan fingerprint density at radius 2 is 2.00 bits per heavy atom. The van der Waals surface area contributed by atoms with E-state index in [1.54, 1.807) is 27.7 Å². The fourth-order valence-corrected chi connectivity index (χ4v) is 4.67. The van der Waals surface area contributed by atoms with E-state index in [9.17, 15) is 19.2 Å². The maximum Gasteiger partial charge on any atom is 0.408 e. The molecule has 3 N–H and O–H groups in total. The van der Waals surface area contributed by atoms with E-state index >= 15 is 0 Å². The van der Waals surface area contributed by atoms with Crippen molar-refractivity contribution in [3.63, 3.8) is 0 Å². The van der Waals surface area contributed by atoms with Crippen LogP contribution in [-0.4, -0.2) is 78.2 Å². The Morgan fingerprint density at radius 3 is 2.71 bits per heavy atom. The quantitative estimate of drug-likeness (QED) is 0.404. The van der Waals surface area contributed by atoms with Crippen LogP contribution in [0, 0.1) is 5.92 Å². The molecular formula is C25H40N4O6. The lowest BCUT2D eigenvalue weighted by Gasteiger charge is -2.38. The number of nitrogens with zero attached hydrogens (tertiary/aromatic N) is 1. The molecule has 3 rings (SSSR count). The number of carbonyl (C=O) groups is 4. The van der Waals surface area contributed by atoms with Gasteiger partial charge in [-0.05, 0) is 53.4 Å². The zero-order valence-electron chi connectivity index (χ0n) is 21.4. The average molecular weight is 493 g/mol. The van der Waals surface area contributed by atoms with E-state index < -0.39 is 41.2 Å². The van der Waals surface area contributed by atoms with Gasteiger partial charge in [0.2, 0.25) is 11.8 Å². The van der Waals surface area contributed by atoms with Gasteiger partial charge in [-0.3, -0.25) is 9.59 Å². The molecule has 1 unspecified atom stereocenters. The van der Waals surface area contributed by atoms with Gasteiger partial charge in [-0.2, -0.15) is 0 Å². The van der Waals surface area contributed by atoms with Crippen LogP contribution in [-0.2, 0) is 23.9 Å². The number of piperazine rings is 1. The van der Waals surface area contributed by atoms with Gasteiger partial charge in [0.15, 0.2) is 0 Å². The van der Waals surface area contributed by atoms with Crippen molar-refractivity contribution < 1.29 is 28.7 Å². The summed E-state index contributed by atoms with van der Waals surface area (Å²) in [6, 6.07) is -1.60. The summed E-state index contributed by atoms with van der Waals surface area (Å²) in [5.41, 5.74) is -1.79. The number of nitrogens with one attached hydrogen (secondary N) is 3. The van der Waals surface area contributed by atoms with E-state index in [-0.39, 0.29) is 25.0 Å². The molecule has 2 fully saturated rings. The summed E-state index contributed by atoms with van der Waals surface area (Å²) in [5.74, 6) is -1.29. The SMILES string of the molecule is CCOC(=O)[C@@]12C[C@H]1/C=C\CCCCC[C@H](NC(=O)OC(C)(C)C)C(=O)N1CCNCC1C(=O)N2. The number of hydrogen-bond donors (Lipinski definition) is 3. The number of carbonyl (C=O) groups excluding carboxylic acids is 4. The molecule has 0 spiro atoms. The van der Waals surface area contributed by atoms with Crippen molar-refractivity contribution in [1.29, 1.82) is 0 Å². The molecule has 2 heterocycles. The highest BCUT2D eigenvalue weighted by molar-refractivity contribution is 5.96. The zero-order chi connectivity index (χ0) is 25.6. The molecule has 0 aromatic carbocycles. The maximum atomic E-state index is 13.6. The minimum atomic E-state index is -1.09. The first-order valence-corrected chi connectivity index (χ1v) is 12.7. The van der Waals surface area contributed by atoms with Gasteiger partial charge in [0.05, 0.1) is 6.61 Å². The smallest absolute Gasteiger partial charge is 0.408 e. The van der Waals surface area contributed by atoms with Crippen LogP contribution in [0.5, 0.6) is 0 Å². The Bertz CT molecular complexity index is 838. The Labute approximate surface area is 207 Å². The maximum absolute atomic E-state index is 13.6. The van der Waals surface area contributed by atoms with Gasteiger partial charge in [-0.15, -0.1) is 0 Å². The highest BCUT2D eigenvalue weighted by Gasteiger charge is 2.62. The van der Waals surface area contributed by atoms with Gasteiger partial charge in [-0.1, -0.05) is 25.0 Å². The number of alkyl carbamates (subject to hydrolysis) is 1. The third kappa shape index (κ3) is 6.96. The standard InChI is InChI=1S/C25H40N4O6/c1-5-34-22(32)25-15-17(25)11-9-7-6-8-10-12-18(27-23(33)35-24(2,3)4)21(31)29-14-13-26-16-19(29)20(30)28-25/h9,11,17-19,26H,5-8,10,12-16H2,1-4H3,(H,27,33)(H,28,30)/b11-9-/t17-,18+,19?,25-/m1/s1. The molecule has 4 atom stereocenters. The van der Waals surface area contributed by atoms with Crippen LogP contribution in [0.25, 0.3) is 0 Å². The van der Waals surface area contributed by atoms with Crippen LogP contribution in [0.2, 0.25) is 0 Å². The van der Waals surface area contributed by atoms with Gasteiger partial charge in [0, 0.05) is 25.6 Å². The number of allylic oxidation sites excluding steroid dienone is 1. The lowest BCUT2D eigenvalue weighted by atomic mass is 10.0. The summed E-state index contributed by atoms with van der Waals surface area (Å²) in [5, 5.41) is 8.81. The second kappa shape index (κ2) is 11.4. The third-order valence-electron chi connectivity index (χ3n) is 6.55. The second-order valence-electron chi connectivity index (χ2n) is 10.5. The van der Waals surface area contributed by atoms with Gasteiger partial charge in [0.25, 0.3) is 0 Å². The second-order valence-corrected chi connectivity index (χ2v) is 10.5. The lowest BCUT2D eigenvalue weighted by molar-refractivity contribution is -0.151. The first-order valence-electron chi connectivity index (χ1n) is 12.7. The lowest BCUT2D eigenvalue weighted by Crippen LogP contribution is -2.64. The summed E-state index contributed by atoms with van der Waals surface area (Å²) >= 11 is 0. The van der Waals surface area contributed by atoms with Crippen LogP contribution in [0.15, 0.2) is 12.2 Å². The third-order valence-corrected chi connectivity index (χ3v) is 6.55. The average Bonchev–Trinajstić information content (AvgIpc) is 3.49. The molecule has 10 heteroatoms. The Balaban J connectivity index is 1.84. The molecule has 0 aromatic heterocycles. The first-order chi connectivity index (χ1) is 16.6. The summed E-state index contributed by atoms with van der Waals surface area (Å²) < 4.78 is 10.7. The van der Waals surface area contributed by atoms with Crippen LogP contribution >= 0.6 is 0 Å². The monoisotopic (exact) mass is 492 g/mol. The molecule has 0 radical (unpaired) electrons. The predicted molar refractivity (Wildman–Crippen MR) is 129 cm³/mol. The Hall–Kier alpha value is -2.62. The van der Waals surface area contributed by atoms with Crippen molar-refractivity contribution in [3.8, 4) is 0 Å². The van der Waals surface area contributed by atoms with Crippen LogP contribution < -0.4 is 16.0 Å². The van der Waals surface area contributed by atoms with Gasteiger partial charge in [-0.25, -0.2) is 9.59 Å². The molecule has 0 aromatic rings. The van der Waals surface area contributed by atoms with Crippen LogP contribution in [0.3, 0.4) is 0 Å². The van der Waals surface area contributed by atoms with Crippen molar-refractivity contribution in [2.75, 3.05) is 26.2 Å². The van der Waals surface area contributed by atoms with Gasteiger partial charge in [0.1, 0.15) is 23.2 Å². The highest BCUT2D eigenvalue weighted by atomic mass is 16.6. The molecule has 1 saturated carbocycles. The molecule has 0 bridgehead atoms. The van der Waals surface area contributed by atoms with Crippen molar-refractivity contribution in [2.45, 2.75) is 89.4 Å². The Kier molecular flexibility index (Phi) is 8.79. The number of rotatable bonds is 3. The minimum Gasteiger partial charge on any atom is -0.464 e. The molecule has 1 saturated heterocycles. The molecule has 2 aliphatic heterocycles. The van der Waals surface area contributed by atoms with Crippen LogP contribution in [0.4, 0.5) is 4.79 Å². The fourth-order valence-electron chi connectivity index (χ4n) is 4.67. The number of fused-ring (bicyclic) bond motifs is 2. The fraction of sp³-hybridized carbons (Fsp3) is 0.760. The van der Waals surface area contributed by atoms with E-state index in [1.807, 2.05) is 12.2 Å². The summed E-state index contributed by atoms with van der Waals surface area (Å²) in [4.78, 5) is 53.8.